The van der Waals surface area contributed by atoms with Crippen LogP contribution in [0.3, 0.4) is 0 Å². The Kier molecular flexibility index (Phi) is 9.67. The molecule has 0 aromatic carbocycles. The molecule has 26 heavy (non-hydrogen) atoms. The fraction of sp³-hybridized carbons (Fsp3) is 0.842. The second-order valence-electron chi connectivity index (χ2n) is 8.21. The van der Waals surface area contributed by atoms with Crippen molar-refractivity contribution in [2.24, 2.45) is 5.92 Å². The van der Waals surface area contributed by atoms with Crippen LogP contribution in [0.5, 0.6) is 0 Å². The van der Waals surface area contributed by atoms with Gasteiger partial charge in [0.25, 0.3) is 0 Å². The molecule has 0 spiro atoms. The fourth-order valence-electron chi connectivity index (χ4n) is 2.18. The summed E-state index contributed by atoms with van der Waals surface area (Å²) in [5, 5.41) is 0. The SMILES string of the molecule is CC(C)N(C)C(=O)OC(C)(C)C.CCN1CCN(CC(C)C)C(=O)C1=O. The molecule has 1 saturated heterocycles. The summed E-state index contributed by atoms with van der Waals surface area (Å²) in [6, 6.07) is 0.180. The Morgan fingerprint density at radius 2 is 1.54 bits per heavy atom. The van der Waals surface area contributed by atoms with Crippen molar-refractivity contribution in [3.05, 3.63) is 0 Å². The topological polar surface area (TPSA) is 70.2 Å². The lowest BCUT2D eigenvalue weighted by Crippen LogP contribution is -2.54. The van der Waals surface area contributed by atoms with Crippen LogP contribution >= 0.6 is 0 Å². The molecular weight excluding hydrogens is 334 g/mol. The van der Waals surface area contributed by atoms with Gasteiger partial charge in [0.2, 0.25) is 0 Å². The highest BCUT2D eigenvalue weighted by atomic mass is 16.6. The Bertz CT molecular complexity index is 484. The first-order valence-electron chi connectivity index (χ1n) is 9.34. The Labute approximate surface area is 158 Å². The van der Waals surface area contributed by atoms with Gasteiger partial charge in [-0.2, -0.15) is 0 Å². The minimum absolute atomic E-state index is 0.180. The number of amides is 3. The first-order valence-corrected chi connectivity index (χ1v) is 9.34. The van der Waals surface area contributed by atoms with Crippen LogP contribution in [-0.4, -0.2) is 77.5 Å². The number of ether oxygens (including phenoxy) is 1. The third-order valence-electron chi connectivity index (χ3n) is 3.82. The molecule has 0 radical (unpaired) electrons. The maximum absolute atomic E-state index is 11.6. The van der Waals surface area contributed by atoms with Crippen LogP contribution in [0.2, 0.25) is 0 Å². The number of carbonyl (C=O) groups is 3. The van der Waals surface area contributed by atoms with Crippen LogP contribution in [0.1, 0.15) is 55.4 Å². The average molecular weight is 372 g/mol. The van der Waals surface area contributed by atoms with Crippen molar-refractivity contribution in [2.45, 2.75) is 67.0 Å². The van der Waals surface area contributed by atoms with Crippen LogP contribution in [0, 0.1) is 5.92 Å². The predicted molar refractivity (Wildman–Crippen MR) is 103 cm³/mol. The second kappa shape index (κ2) is 10.4. The third-order valence-corrected chi connectivity index (χ3v) is 3.82. The largest absolute Gasteiger partial charge is 0.444 e. The van der Waals surface area contributed by atoms with Crippen LogP contribution in [0.15, 0.2) is 0 Å². The van der Waals surface area contributed by atoms with Crippen LogP contribution in [-0.2, 0) is 14.3 Å². The van der Waals surface area contributed by atoms with Crippen molar-refractivity contribution in [3.63, 3.8) is 0 Å². The molecule has 0 saturated carbocycles. The van der Waals surface area contributed by atoms with Crippen molar-refractivity contribution >= 4 is 17.9 Å². The maximum Gasteiger partial charge on any atom is 0.410 e. The van der Waals surface area contributed by atoms with Gasteiger partial charge >= 0.3 is 17.9 Å². The lowest BCUT2D eigenvalue weighted by molar-refractivity contribution is -0.156. The van der Waals surface area contributed by atoms with Crippen molar-refractivity contribution in [1.29, 1.82) is 0 Å². The van der Waals surface area contributed by atoms with Crippen LogP contribution in [0.4, 0.5) is 4.79 Å². The van der Waals surface area contributed by atoms with Crippen molar-refractivity contribution in [3.8, 4) is 0 Å². The number of hydrogen-bond donors (Lipinski definition) is 0. The average Bonchev–Trinajstić information content (AvgIpc) is 2.50. The lowest BCUT2D eigenvalue weighted by Gasteiger charge is -2.33. The zero-order chi connectivity index (χ0) is 20.7. The summed E-state index contributed by atoms with van der Waals surface area (Å²) in [5.41, 5.74) is -0.403. The van der Waals surface area contributed by atoms with Crippen LogP contribution < -0.4 is 0 Å². The van der Waals surface area contributed by atoms with Gasteiger partial charge in [-0.15, -0.1) is 0 Å². The highest BCUT2D eigenvalue weighted by Gasteiger charge is 2.31. The molecule has 0 atom stereocenters. The summed E-state index contributed by atoms with van der Waals surface area (Å²) in [7, 11) is 1.73. The maximum atomic E-state index is 11.6. The van der Waals surface area contributed by atoms with Gasteiger partial charge in [-0.1, -0.05) is 13.8 Å². The van der Waals surface area contributed by atoms with E-state index in [1.54, 1.807) is 21.7 Å². The smallest absolute Gasteiger partial charge is 0.410 e. The Balaban J connectivity index is 0.000000488. The molecule has 0 aliphatic carbocycles. The van der Waals surface area contributed by atoms with Gasteiger partial charge in [0.15, 0.2) is 0 Å². The number of rotatable bonds is 4. The molecule has 1 aliphatic rings. The van der Waals surface area contributed by atoms with Gasteiger partial charge in [0, 0.05) is 39.3 Å². The van der Waals surface area contributed by atoms with E-state index in [2.05, 4.69) is 0 Å². The van der Waals surface area contributed by atoms with E-state index in [1.165, 1.54) is 0 Å². The van der Waals surface area contributed by atoms with Gasteiger partial charge in [0.1, 0.15) is 5.60 Å². The van der Waals surface area contributed by atoms with Gasteiger partial charge in [-0.3, -0.25) is 9.59 Å². The summed E-state index contributed by atoms with van der Waals surface area (Å²) in [6.45, 7) is 18.1. The number of likely N-dealkylation sites (N-methyl/N-ethyl adjacent to an activating group) is 1. The zero-order valence-electron chi connectivity index (χ0n) is 18.0. The summed E-state index contributed by atoms with van der Waals surface area (Å²) < 4.78 is 5.15. The minimum atomic E-state index is -0.403. The van der Waals surface area contributed by atoms with E-state index >= 15 is 0 Å². The standard InChI is InChI=1S/C10H18N2O2.C9H19NO2/c1-4-11-5-6-12(7-8(2)3)10(14)9(11)13;1-7(2)10(6)8(11)12-9(3,4)5/h8H,4-7H2,1-3H3;7H,1-6H3. The molecule has 152 valence electrons. The van der Waals surface area contributed by atoms with E-state index in [-0.39, 0.29) is 23.9 Å². The molecule has 1 heterocycles. The number of carbonyl (C=O) groups excluding carboxylic acids is 3. The highest BCUT2D eigenvalue weighted by molar-refractivity contribution is 6.35. The monoisotopic (exact) mass is 371 g/mol. The molecule has 7 nitrogen and oxygen atoms in total. The van der Waals surface area contributed by atoms with E-state index in [0.717, 1.165) is 0 Å². The molecule has 0 bridgehead atoms. The molecule has 0 unspecified atom stereocenters. The molecular formula is C19H37N3O4. The van der Waals surface area contributed by atoms with Gasteiger partial charge in [-0.25, -0.2) is 4.79 Å². The van der Waals surface area contributed by atoms with Gasteiger partial charge in [0.05, 0.1) is 0 Å². The molecule has 0 N–H and O–H groups in total. The zero-order valence-corrected chi connectivity index (χ0v) is 18.0. The molecule has 1 fully saturated rings. The molecule has 0 aromatic heterocycles. The Hall–Kier alpha value is -1.79. The fourth-order valence-corrected chi connectivity index (χ4v) is 2.18. The summed E-state index contributed by atoms with van der Waals surface area (Å²) in [5.74, 6) is -0.272. The minimum Gasteiger partial charge on any atom is -0.444 e. The van der Waals surface area contributed by atoms with E-state index < -0.39 is 5.60 Å². The Morgan fingerprint density at radius 3 is 1.92 bits per heavy atom. The number of piperazine rings is 1. The first kappa shape index (κ1) is 24.2. The van der Waals surface area contributed by atoms with Crippen LogP contribution in [0.25, 0.3) is 0 Å². The van der Waals surface area contributed by atoms with Gasteiger partial charge < -0.3 is 19.4 Å². The summed E-state index contributed by atoms with van der Waals surface area (Å²) in [6.07, 6.45) is -0.266. The molecule has 7 heteroatoms. The van der Waals surface area contributed by atoms with E-state index in [4.69, 9.17) is 4.74 Å². The lowest BCUT2D eigenvalue weighted by atomic mass is 10.2. The second-order valence-corrected chi connectivity index (χ2v) is 8.21. The Morgan fingerprint density at radius 1 is 1.08 bits per heavy atom. The van der Waals surface area contributed by atoms with E-state index in [0.29, 0.717) is 32.1 Å². The summed E-state index contributed by atoms with van der Waals surface area (Å²) in [4.78, 5) is 39.2. The molecule has 3 amide bonds. The third kappa shape index (κ3) is 8.54. The summed E-state index contributed by atoms with van der Waals surface area (Å²) >= 11 is 0. The van der Waals surface area contributed by atoms with E-state index in [1.807, 2.05) is 55.4 Å². The quantitative estimate of drug-likeness (QED) is 0.712. The van der Waals surface area contributed by atoms with E-state index in [9.17, 15) is 14.4 Å². The number of hydrogen-bond acceptors (Lipinski definition) is 4. The highest BCUT2D eigenvalue weighted by Crippen LogP contribution is 2.10. The number of nitrogens with zero attached hydrogens (tertiary/aromatic N) is 3. The normalized spacial score (nSPS) is 15.2. The first-order chi connectivity index (χ1) is 11.8. The van der Waals surface area contributed by atoms with Crippen molar-refractivity contribution in [1.82, 2.24) is 14.7 Å². The van der Waals surface area contributed by atoms with Crippen molar-refractivity contribution < 1.29 is 19.1 Å². The van der Waals surface area contributed by atoms with Crippen molar-refractivity contribution in [2.75, 3.05) is 33.2 Å². The predicted octanol–water partition coefficient (Wildman–Crippen LogP) is 2.59. The van der Waals surface area contributed by atoms with Gasteiger partial charge in [-0.05, 0) is 47.5 Å². The molecule has 1 aliphatic heterocycles. The molecule has 0 aromatic rings. The molecule has 1 rings (SSSR count).